The Kier molecular flexibility index (Phi) is 5.96. The van der Waals surface area contributed by atoms with Gasteiger partial charge in [-0.2, -0.15) is 0 Å². The Bertz CT molecular complexity index is 499. The second-order valence-corrected chi connectivity index (χ2v) is 5.77. The molecular weight excluding hydrogens is 315 g/mol. The molecule has 1 aromatic rings. The molecule has 21 heavy (non-hydrogen) atoms. The summed E-state index contributed by atoms with van der Waals surface area (Å²) >= 11 is 11.9. The molecule has 0 spiro atoms. The van der Waals surface area contributed by atoms with Gasteiger partial charge >= 0.3 is 6.09 Å². The Hall–Kier alpha value is -1.17. The summed E-state index contributed by atoms with van der Waals surface area (Å²) in [5.74, 6) is 0.614. The highest BCUT2D eigenvalue weighted by Gasteiger charge is 2.22. The van der Waals surface area contributed by atoms with Gasteiger partial charge in [-0.15, -0.1) is 0 Å². The molecule has 1 fully saturated rings. The van der Waals surface area contributed by atoms with Crippen molar-refractivity contribution in [2.75, 3.05) is 26.2 Å². The van der Waals surface area contributed by atoms with E-state index in [0.717, 1.165) is 25.9 Å². The van der Waals surface area contributed by atoms with Crippen LogP contribution in [-0.2, 0) is 4.74 Å². The summed E-state index contributed by atoms with van der Waals surface area (Å²) in [7, 11) is 0. The number of carbonyl (C=O) groups excluding carboxylic acids is 1. The molecule has 1 aliphatic rings. The van der Waals surface area contributed by atoms with Crippen molar-refractivity contribution in [3.8, 4) is 5.75 Å². The summed E-state index contributed by atoms with van der Waals surface area (Å²) in [5.41, 5.74) is 5.04. The van der Waals surface area contributed by atoms with Crippen LogP contribution in [0, 0.1) is 0 Å². The van der Waals surface area contributed by atoms with Gasteiger partial charge in [0.15, 0.2) is 0 Å². The third kappa shape index (κ3) is 5.26. The molecule has 7 heteroatoms. The van der Waals surface area contributed by atoms with E-state index >= 15 is 0 Å². The van der Waals surface area contributed by atoms with Gasteiger partial charge in [0, 0.05) is 18.1 Å². The fourth-order valence-electron chi connectivity index (χ4n) is 2.35. The minimum atomic E-state index is -0.717. The fraction of sp³-hybridized carbons (Fsp3) is 0.500. The van der Waals surface area contributed by atoms with E-state index in [1.807, 2.05) is 0 Å². The van der Waals surface area contributed by atoms with Crippen molar-refractivity contribution >= 4 is 29.3 Å². The van der Waals surface area contributed by atoms with Gasteiger partial charge in [-0.25, -0.2) is 4.79 Å². The van der Waals surface area contributed by atoms with E-state index in [9.17, 15) is 4.79 Å². The summed E-state index contributed by atoms with van der Waals surface area (Å²) in [6.45, 7) is 2.87. The minimum Gasteiger partial charge on any atom is -0.491 e. The van der Waals surface area contributed by atoms with Gasteiger partial charge < -0.3 is 15.2 Å². The first kappa shape index (κ1) is 16.2. The quantitative estimate of drug-likeness (QED) is 0.900. The van der Waals surface area contributed by atoms with Crippen LogP contribution < -0.4 is 10.5 Å². The van der Waals surface area contributed by atoms with Crippen LogP contribution in [0.25, 0.3) is 0 Å². The summed E-state index contributed by atoms with van der Waals surface area (Å²) in [5, 5.41) is 1.07. The van der Waals surface area contributed by atoms with Gasteiger partial charge in [0.25, 0.3) is 0 Å². The number of ether oxygens (including phenoxy) is 2. The number of piperidine rings is 1. The van der Waals surface area contributed by atoms with E-state index in [2.05, 4.69) is 4.90 Å². The highest BCUT2D eigenvalue weighted by atomic mass is 35.5. The van der Waals surface area contributed by atoms with E-state index < -0.39 is 6.09 Å². The van der Waals surface area contributed by atoms with Crippen molar-refractivity contribution in [3.63, 3.8) is 0 Å². The van der Waals surface area contributed by atoms with Gasteiger partial charge in [-0.1, -0.05) is 23.2 Å². The third-order valence-corrected chi connectivity index (χ3v) is 3.83. The topological polar surface area (TPSA) is 64.8 Å². The Morgan fingerprint density at radius 2 is 2.24 bits per heavy atom. The lowest BCUT2D eigenvalue weighted by atomic mass is 10.1. The van der Waals surface area contributed by atoms with Crippen LogP contribution in [0.4, 0.5) is 4.79 Å². The minimum absolute atomic E-state index is 0.129. The van der Waals surface area contributed by atoms with Gasteiger partial charge in [0.1, 0.15) is 18.5 Å². The van der Waals surface area contributed by atoms with Crippen molar-refractivity contribution < 1.29 is 14.3 Å². The maximum atomic E-state index is 10.8. The lowest BCUT2D eigenvalue weighted by Crippen LogP contribution is -2.42. The largest absolute Gasteiger partial charge is 0.491 e. The SMILES string of the molecule is NC(=O)OC1CCCN(CCOc2ccc(Cl)cc2Cl)C1. The van der Waals surface area contributed by atoms with E-state index in [1.165, 1.54) is 0 Å². The number of rotatable bonds is 5. The number of primary amides is 1. The van der Waals surface area contributed by atoms with Gasteiger partial charge in [0.05, 0.1) is 5.02 Å². The molecule has 1 unspecified atom stereocenters. The van der Waals surface area contributed by atoms with Crippen LogP contribution in [0.3, 0.4) is 0 Å². The first-order chi connectivity index (χ1) is 10.0. The molecule has 1 heterocycles. The molecule has 0 radical (unpaired) electrons. The number of nitrogens with two attached hydrogens (primary N) is 1. The number of halogens is 2. The van der Waals surface area contributed by atoms with E-state index in [1.54, 1.807) is 18.2 Å². The predicted octanol–water partition coefficient (Wildman–Crippen LogP) is 2.93. The van der Waals surface area contributed by atoms with Crippen LogP contribution in [-0.4, -0.2) is 43.3 Å². The van der Waals surface area contributed by atoms with Crippen LogP contribution in [0.2, 0.25) is 10.0 Å². The number of amides is 1. The van der Waals surface area contributed by atoms with Crippen molar-refractivity contribution in [3.05, 3.63) is 28.2 Å². The average Bonchev–Trinajstić information content (AvgIpc) is 2.41. The van der Waals surface area contributed by atoms with Crippen molar-refractivity contribution in [2.45, 2.75) is 18.9 Å². The van der Waals surface area contributed by atoms with E-state index in [0.29, 0.717) is 28.9 Å². The number of nitrogens with zero attached hydrogens (tertiary/aromatic N) is 1. The molecule has 0 saturated carbocycles. The first-order valence-electron chi connectivity index (χ1n) is 6.81. The lowest BCUT2D eigenvalue weighted by molar-refractivity contribution is 0.0429. The van der Waals surface area contributed by atoms with E-state index in [-0.39, 0.29) is 6.10 Å². The molecule has 2 N–H and O–H groups in total. The molecule has 0 aromatic heterocycles. The summed E-state index contributed by atoms with van der Waals surface area (Å²) in [4.78, 5) is 13.0. The summed E-state index contributed by atoms with van der Waals surface area (Å²) in [6, 6.07) is 5.14. The standard InChI is InChI=1S/C14H18Cl2N2O3/c15-10-3-4-13(12(16)8-10)20-7-6-18-5-1-2-11(9-18)21-14(17)19/h3-4,8,11H,1-2,5-7,9H2,(H2,17,19). The molecule has 5 nitrogen and oxygen atoms in total. The van der Waals surface area contributed by atoms with Gasteiger partial charge in [0.2, 0.25) is 0 Å². The predicted molar refractivity (Wildman–Crippen MR) is 82.1 cm³/mol. The molecule has 1 saturated heterocycles. The highest BCUT2D eigenvalue weighted by Crippen LogP contribution is 2.27. The molecule has 1 aromatic carbocycles. The maximum absolute atomic E-state index is 10.8. The van der Waals surface area contributed by atoms with Crippen LogP contribution in [0.15, 0.2) is 18.2 Å². The smallest absolute Gasteiger partial charge is 0.404 e. The normalized spacial score (nSPS) is 19.2. The van der Waals surface area contributed by atoms with Crippen molar-refractivity contribution in [1.82, 2.24) is 4.90 Å². The van der Waals surface area contributed by atoms with Gasteiger partial charge in [-0.3, -0.25) is 4.90 Å². The number of likely N-dealkylation sites (tertiary alicyclic amines) is 1. The molecule has 116 valence electrons. The number of hydrogen-bond donors (Lipinski definition) is 1. The zero-order valence-corrected chi connectivity index (χ0v) is 13.1. The Balaban J connectivity index is 1.76. The second kappa shape index (κ2) is 7.73. The fourth-order valence-corrected chi connectivity index (χ4v) is 2.82. The average molecular weight is 333 g/mol. The van der Waals surface area contributed by atoms with Crippen LogP contribution >= 0.6 is 23.2 Å². The highest BCUT2D eigenvalue weighted by molar-refractivity contribution is 6.35. The Morgan fingerprint density at radius 3 is 2.95 bits per heavy atom. The number of hydrogen-bond acceptors (Lipinski definition) is 4. The van der Waals surface area contributed by atoms with Crippen molar-refractivity contribution in [1.29, 1.82) is 0 Å². The Labute approximate surface area is 133 Å². The van der Waals surface area contributed by atoms with E-state index in [4.69, 9.17) is 38.4 Å². The van der Waals surface area contributed by atoms with Crippen LogP contribution in [0.1, 0.15) is 12.8 Å². The molecule has 1 atom stereocenters. The molecule has 1 amide bonds. The Morgan fingerprint density at radius 1 is 1.43 bits per heavy atom. The molecular formula is C14H18Cl2N2O3. The summed E-state index contributed by atoms with van der Waals surface area (Å²) in [6.07, 6.45) is 0.976. The second-order valence-electron chi connectivity index (χ2n) is 4.92. The molecule has 0 bridgehead atoms. The summed E-state index contributed by atoms with van der Waals surface area (Å²) < 4.78 is 10.7. The first-order valence-corrected chi connectivity index (χ1v) is 7.56. The van der Waals surface area contributed by atoms with Crippen molar-refractivity contribution in [2.24, 2.45) is 5.73 Å². The molecule has 0 aliphatic carbocycles. The zero-order valence-electron chi connectivity index (χ0n) is 11.6. The monoisotopic (exact) mass is 332 g/mol. The molecule has 1 aliphatic heterocycles. The number of carbonyl (C=O) groups is 1. The zero-order chi connectivity index (χ0) is 15.2. The molecule has 2 rings (SSSR count). The maximum Gasteiger partial charge on any atom is 0.404 e. The third-order valence-electron chi connectivity index (χ3n) is 3.30. The van der Waals surface area contributed by atoms with Gasteiger partial charge in [-0.05, 0) is 37.6 Å². The number of benzene rings is 1. The van der Waals surface area contributed by atoms with Crippen LogP contribution in [0.5, 0.6) is 5.75 Å². The lowest BCUT2D eigenvalue weighted by Gasteiger charge is -2.31.